The number of halogens is 3. The molecule has 0 atom stereocenters. The van der Waals surface area contributed by atoms with Crippen molar-refractivity contribution in [1.29, 1.82) is 0 Å². The summed E-state index contributed by atoms with van der Waals surface area (Å²) >= 11 is 0. The van der Waals surface area contributed by atoms with Crippen molar-refractivity contribution in [3.05, 3.63) is 35.4 Å². The van der Waals surface area contributed by atoms with Crippen LogP contribution in [0.15, 0.2) is 24.3 Å². The molecule has 0 radical (unpaired) electrons. The minimum absolute atomic E-state index is 0.548. The average Bonchev–Trinajstić information content (AvgIpc) is 2.42. The zero-order valence-corrected chi connectivity index (χ0v) is 14.1. The SMILES string of the molecule is CO[Si](C)(C)CCCCCCc1cccc(C(F)(F)F)c1. The third kappa shape index (κ3) is 7.13. The second-order valence-corrected chi connectivity index (χ2v) is 10.5. The van der Waals surface area contributed by atoms with E-state index in [-0.39, 0.29) is 0 Å². The number of hydrogen-bond acceptors (Lipinski definition) is 1. The highest BCUT2D eigenvalue weighted by atomic mass is 28.4. The molecule has 1 aromatic carbocycles. The third-order valence-corrected chi connectivity index (χ3v) is 6.46. The summed E-state index contributed by atoms with van der Waals surface area (Å²) in [6.07, 6.45) is 0.747. The molecular weight excluding hydrogens is 293 g/mol. The van der Waals surface area contributed by atoms with E-state index in [1.54, 1.807) is 13.2 Å². The van der Waals surface area contributed by atoms with Crippen LogP contribution in [0.4, 0.5) is 13.2 Å². The Bertz CT molecular complexity index is 430. The lowest BCUT2D eigenvalue weighted by molar-refractivity contribution is -0.137. The monoisotopic (exact) mass is 318 g/mol. The van der Waals surface area contributed by atoms with E-state index in [0.717, 1.165) is 49.8 Å². The Morgan fingerprint density at radius 2 is 1.71 bits per heavy atom. The third-order valence-electron chi connectivity index (χ3n) is 3.80. The molecule has 0 aromatic heterocycles. The largest absolute Gasteiger partial charge is 0.420 e. The van der Waals surface area contributed by atoms with Crippen molar-refractivity contribution in [2.75, 3.05) is 7.11 Å². The summed E-state index contributed by atoms with van der Waals surface area (Å²) < 4.78 is 43.3. The van der Waals surface area contributed by atoms with Crippen LogP contribution in [0.5, 0.6) is 0 Å². The molecule has 0 saturated heterocycles. The Kier molecular flexibility index (Phi) is 6.94. The van der Waals surface area contributed by atoms with E-state index in [9.17, 15) is 13.2 Å². The quantitative estimate of drug-likeness (QED) is 0.444. The molecule has 1 nitrogen and oxygen atoms in total. The average molecular weight is 318 g/mol. The maximum atomic E-state index is 12.6. The van der Waals surface area contributed by atoms with Gasteiger partial charge in [-0.3, -0.25) is 0 Å². The molecule has 0 unspecified atom stereocenters. The van der Waals surface area contributed by atoms with E-state index in [0.29, 0.717) is 0 Å². The summed E-state index contributed by atoms with van der Waals surface area (Å²) in [7, 11) is 0.323. The summed E-state index contributed by atoms with van der Waals surface area (Å²) in [5.41, 5.74) is 0.226. The van der Waals surface area contributed by atoms with Crippen molar-refractivity contribution in [1.82, 2.24) is 0 Å². The Labute approximate surface area is 126 Å². The standard InChI is InChI=1S/C16H25F3OSi/c1-20-21(2,3)12-7-5-4-6-9-14-10-8-11-15(13-14)16(17,18)19/h8,10-11,13H,4-7,9,12H2,1-3H3. The van der Waals surface area contributed by atoms with E-state index >= 15 is 0 Å². The molecule has 0 aliphatic carbocycles. The molecule has 1 aromatic rings. The number of alkyl halides is 3. The summed E-state index contributed by atoms with van der Waals surface area (Å²) in [5, 5.41) is 0. The van der Waals surface area contributed by atoms with E-state index in [1.807, 2.05) is 0 Å². The second kappa shape index (κ2) is 7.99. The number of hydrogen-bond donors (Lipinski definition) is 0. The van der Waals surface area contributed by atoms with E-state index in [2.05, 4.69) is 13.1 Å². The highest BCUT2D eigenvalue weighted by Crippen LogP contribution is 2.29. The first kappa shape index (κ1) is 18.2. The molecule has 5 heteroatoms. The Hall–Kier alpha value is -0.813. The van der Waals surface area contributed by atoms with Crippen LogP contribution in [-0.4, -0.2) is 15.4 Å². The van der Waals surface area contributed by atoms with Gasteiger partial charge in [-0.25, -0.2) is 0 Å². The minimum atomic E-state index is -4.24. The van der Waals surface area contributed by atoms with E-state index < -0.39 is 20.1 Å². The Balaban J connectivity index is 2.28. The molecular formula is C16H25F3OSi. The lowest BCUT2D eigenvalue weighted by atomic mass is 10.0. The predicted molar refractivity (Wildman–Crippen MR) is 82.9 cm³/mol. The van der Waals surface area contributed by atoms with Gasteiger partial charge in [-0.1, -0.05) is 37.5 Å². The maximum Gasteiger partial charge on any atom is 0.416 e. The first-order valence-electron chi connectivity index (χ1n) is 7.46. The van der Waals surface area contributed by atoms with Crippen LogP contribution in [0.2, 0.25) is 19.1 Å². The smallest absolute Gasteiger partial charge is 0.416 e. The van der Waals surface area contributed by atoms with Gasteiger partial charge in [0.1, 0.15) is 0 Å². The van der Waals surface area contributed by atoms with E-state index in [4.69, 9.17) is 4.43 Å². The van der Waals surface area contributed by atoms with Crippen molar-refractivity contribution in [2.45, 2.75) is 57.4 Å². The van der Waals surface area contributed by atoms with Crippen LogP contribution in [-0.2, 0) is 17.0 Å². The normalized spacial score (nSPS) is 12.7. The molecule has 0 spiro atoms. The Morgan fingerprint density at radius 3 is 2.33 bits per heavy atom. The summed E-state index contributed by atoms with van der Waals surface area (Å²) in [6, 6.07) is 6.80. The summed E-state index contributed by atoms with van der Waals surface area (Å²) in [6.45, 7) is 4.41. The van der Waals surface area contributed by atoms with Crippen molar-refractivity contribution in [3.63, 3.8) is 0 Å². The molecule has 120 valence electrons. The van der Waals surface area contributed by atoms with Gasteiger partial charge in [-0.2, -0.15) is 13.2 Å². The molecule has 0 fully saturated rings. The van der Waals surface area contributed by atoms with Gasteiger partial charge in [0.15, 0.2) is 8.32 Å². The lowest BCUT2D eigenvalue weighted by Crippen LogP contribution is -2.27. The second-order valence-electron chi connectivity index (χ2n) is 6.08. The van der Waals surface area contributed by atoms with Gasteiger partial charge in [0.05, 0.1) is 5.56 Å². The fourth-order valence-electron chi connectivity index (χ4n) is 2.24. The fraction of sp³-hybridized carbons (Fsp3) is 0.625. The number of aryl methyl sites for hydroxylation is 1. The topological polar surface area (TPSA) is 9.23 Å². The van der Waals surface area contributed by atoms with Gasteiger partial charge in [-0.15, -0.1) is 0 Å². The summed E-state index contributed by atoms with van der Waals surface area (Å²) in [4.78, 5) is 0. The summed E-state index contributed by atoms with van der Waals surface area (Å²) in [5.74, 6) is 0. The van der Waals surface area contributed by atoms with Crippen LogP contribution in [0.1, 0.15) is 36.8 Å². The molecule has 0 heterocycles. The van der Waals surface area contributed by atoms with Crippen LogP contribution >= 0.6 is 0 Å². The molecule has 1 rings (SSSR count). The molecule has 0 aliphatic heterocycles. The van der Waals surface area contributed by atoms with Gasteiger partial charge in [0.2, 0.25) is 0 Å². The molecule has 0 aliphatic rings. The number of rotatable bonds is 8. The molecule has 0 N–H and O–H groups in total. The van der Waals surface area contributed by atoms with Crippen molar-refractivity contribution >= 4 is 8.32 Å². The van der Waals surface area contributed by atoms with Gasteiger partial charge in [-0.05, 0) is 43.6 Å². The van der Waals surface area contributed by atoms with Gasteiger partial charge in [0.25, 0.3) is 0 Å². The van der Waals surface area contributed by atoms with Gasteiger partial charge < -0.3 is 4.43 Å². The molecule has 0 bridgehead atoms. The lowest BCUT2D eigenvalue weighted by Gasteiger charge is -2.19. The van der Waals surface area contributed by atoms with Crippen molar-refractivity contribution in [3.8, 4) is 0 Å². The van der Waals surface area contributed by atoms with Crippen LogP contribution in [0.25, 0.3) is 0 Å². The highest BCUT2D eigenvalue weighted by molar-refractivity contribution is 6.71. The predicted octanol–water partition coefficient (Wildman–Crippen LogP) is 5.66. The minimum Gasteiger partial charge on any atom is -0.420 e. The molecule has 0 amide bonds. The molecule has 21 heavy (non-hydrogen) atoms. The first-order chi connectivity index (χ1) is 9.74. The number of benzene rings is 1. The van der Waals surface area contributed by atoms with Crippen molar-refractivity contribution < 1.29 is 17.6 Å². The zero-order chi connectivity index (χ0) is 15.9. The Morgan fingerprint density at radius 1 is 1.05 bits per heavy atom. The highest BCUT2D eigenvalue weighted by Gasteiger charge is 2.30. The maximum absolute atomic E-state index is 12.6. The van der Waals surface area contributed by atoms with Gasteiger partial charge in [0, 0.05) is 7.11 Å². The zero-order valence-electron chi connectivity index (χ0n) is 13.1. The van der Waals surface area contributed by atoms with Crippen LogP contribution < -0.4 is 0 Å². The van der Waals surface area contributed by atoms with Crippen molar-refractivity contribution in [2.24, 2.45) is 0 Å². The fourth-order valence-corrected chi connectivity index (χ4v) is 3.54. The number of unbranched alkanes of at least 4 members (excludes halogenated alkanes) is 3. The van der Waals surface area contributed by atoms with E-state index in [1.165, 1.54) is 12.1 Å². The molecule has 0 saturated carbocycles. The van der Waals surface area contributed by atoms with Crippen LogP contribution in [0.3, 0.4) is 0 Å². The van der Waals surface area contributed by atoms with Gasteiger partial charge >= 0.3 is 6.18 Å². The first-order valence-corrected chi connectivity index (χ1v) is 10.6. The van der Waals surface area contributed by atoms with Crippen LogP contribution in [0, 0.1) is 0 Å².